The summed E-state index contributed by atoms with van der Waals surface area (Å²) in [5, 5.41) is 34.0. The maximum Gasteiger partial charge on any atom is 0.315 e. The molecule has 1 unspecified atom stereocenters. The van der Waals surface area contributed by atoms with Crippen LogP contribution in [0.2, 0.25) is 0 Å². The Balaban J connectivity index is 1.11. The number of methoxy groups -OCH3 is 1. The molecule has 8 amide bonds. The molecule has 28 nitrogen and oxygen atoms in total. The maximum atomic E-state index is 12.7. The molecule has 436 valence electrons. The molecule has 2 aliphatic heterocycles. The molecule has 2 aliphatic rings. The highest BCUT2D eigenvalue weighted by Crippen LogP contribution is 2.38. The van der Waals surface area contributed by atoms with E-state index in [1.54, 1.807) is 6.92 Å². The number of unbranched alkanes of at least 4 members (excludes halogenated alkanes) is 1. The summed E-state index contributed by atoms with van der Waals surface area (Å²) in [6, 6.07) is 2.23. The van der Waals surface area contributed by atoms with E-state index in [2.05, 4.69) is 42.5 Å². The van der Waals surface area contributed by atoms with Gasteiger partial charge in [0.25, 0.3) is 5.69 Å². The monoisotopic (exact) mass is 1120 g/mol. The number of amides is 8. The summed E-state index contributed by atoms with van der Waals surface area (Å²) >= 11 is 1.87. The SMILES string of the molecule is COc1cc(C(C)NC(=O)CCOCCOCCOCCOCCNC(=O)CNC(=O)CNC(=O)CN)c([N+](=O)[O-])cc1OCCCC(=O)NCCOCCOCCOCCNC(=O)CCCC[C@@H]1SC[C@@H]2NC(=O)N[C@@H]21. The van der Waals surface area contributed by atoms with Crippen molar-refractivity contribution < 1.29 is 81.1 Å². The first-order chi connectivity index (χ1) is 37.3. The summed E-state index contributed by atoms with van der Waals surface area (Å²) in [6.07, 6.45) is 3.63. The second kappa shape index (κ2) is 40.5. The maximum absolute atomic E-state index is 12.7. The number of nitro benzene ring substituents is 1. The zero-order valence-corrected chi connectivity index (χ0v) is 45.1. The Hall–Kier alpha value is -5.66. The molecule has 0 aliphatic carbocycles. The van der Waals surface area contributed by atoms with E-state index in [-0.39, 0.29) is 137 Å². The van der Waals surface area contributed by atoms with Gasteiger partial charge in [0, 0.05) is 49.9 Å². The fraction of sp³-hybridized carbons (Fsp3) is 0.729. The summed E-state index contributed by atoms with van der Waals surface area (Å²) in [5.74, 6) is -0.748. The molecule has 29 heteroatoms. The predicted octanol–water partition coefficient (Wildman–Crippen LogP) is -1.29. The fourth-order valence-corrected chi connectivity index (χ4v) is 8.95. The molecule has 77 heavy (non-hydrogen) atoms. The third-order valence-corrected chi connectivity index (χ3v) is 12.9. The molecule has 0 saturated carbocycles. The number of nitro groups is 1. The van der Waals surface area contributed by atoms with Crippen molar-refractivity contribution in [2.75, 3.05) is 151 Å². The number of hydrogen-bond acceptors (Lipinski definition) is 20. The number of nitrogens with zero attached hydrogens (tertiary/aromatic N) is 1. The number of carbonyl (C=O) groups excluding carboxylic acids is 7. The highest BCUT2D eigenvalue weighted by Gasteiger charge is 2.42. The van der Waals surface area contributed by atoms with Crippen molar-refractivity contribution in [3.8, 4) is 11.5 Å². The first-order valence-corrected chi connectivity index (χ1v) is 26.9. The highest BCUT2D eigenvalue weighted by molar-refractivity contribution is 8.00. The molecule has 2 heterocycles. The van der Waals surface area contributed by atoms with Crippen LogP contribution in [-0.4, -0.2) is 215 Å². The van der Waals surface area contributed by atoms with E-state index in [9.17, 15) is 43.7 Å². The van der Waals surface area contributed by atoms with Crippen molar-refractivity contribution in [2.45, 2.75) is 75.2 Å². The molecule has 3 rings (SSSR count). The molecule has 1 aromatic carbocycles. The number of ether oxygens (including phenoxy) is 9. The van der Waals surface area contributed by atoms with Gasteiger partial charge in [-0.25, -0.2) is 4.79 Å². The van der Waals surface area contributed by atoms with Crippen molar-refractivity contribution in [1.29, 1.82) is 0 Å². The van der Waals surface area contributed by atoms with Gasteiger partial charge in [0.2, 0.25) is 35.4 Å². The zero-order valence-electron chi connectivity index (χ0n) is 44.3. The lowest BCUT2D eigenvalue weighted by atomic mass is 10.0. The van der Waals surface area contributed by atoms with Gasteiger partial charge in [0.05, 0.1) is 161 Å². The molecule has 1 aromatic rings. The van der Waals surface area contributed by atoms with Crippen LogP contribution in [0.5, 0.6) is 11.5 Å². The molecule has 0 radical (unpaired) electrons. The average molecular weight is 1120 g/mol. The van der Waals surface area contributed by atoms with E-state index in [4.69, 9.17) is 48.4 Å². The minimum Gasteiger partial charge on any atom is -0.493 e. The van der Waals surface area contributed by atoms with Crippen LogP contribution in [0.15, 0.2) is 12.1 Å². The zero-order chi connectivity index (χ0) is 55.9. The van der Waals surface area contributed by atoms with Crippen molar-refractivity contribution >= 4 is 58.9 Å². The van der Waals surface area contributed by atoms with E-state index >= 15 is 0 Å². The summed E-state index contributed by atoms with van der Waals surface area (Å²) < 4.78 is 49.5. The standard InChI is InChI=1S/C48H80N10O18S/c1-34(55-43(61)9-14-69-18-22-73-26-27-75-25-21-72-17-12-52-45(63)31-54-46(64)32-53-44(62)30-49)35-28-38(68-2)39(29-37(35)58(66)67)76-13-5-8-42(60)51-11-16-71-20-24-74-23-19-70-15-10-50-41(59)7-4-3-6-40-47-36(33-77-40)56-48(65)57-47/h28-29,34,36,40,47H,3-27,30-33,49H2,1-2H3,(H,50,59)(H,51,60)(H,52,63)(H,53,62)(H,54,64)(H,55,61)(H2,56,57,65)/t34?,36-,40-,47-/m0/s1. The van der Waals surface area contributed by atoms with Crippen LogP contribution in [0.4, 0.5) is 10.5 Å². The molecule has 0 bridgehead atoms. The van der Waals surface area contributed by atoms with Gasteiger partial charge in [-0.1, -0.05) is 6.42 Å². The lowest BCUT2D eigenvalue weighted by molar-refractivity contribution is -0.385. The molecular weight excluding hydrogens is 1040 g/mol. The summed E-state index contributed by atoms with van der Waals surface area (Å²) in [7, 11) is 1.39. The van der Waals surface area contributed by atoms with E-state index < -0.39 is 28.7 Å². The number of rotatable bonds is 46. The third kappa shape index (κ3) is 29.6. The number of thioether (sulfide) groups is 1. The van der Waals surface area contributed by atoms with Crippen LogP contribution in [0.3, 0.4) is 0 Å². The Labute approximate surface area is 452 Å². The Bertz CT molecular complexity index is 1960. The second-order valence-electron chi connectivity index (χ2n) is 17.3. The third-order valence-electron chi connectivity index (χ3n) is 11.4. The van der Waals surface area contributed by atoms with Crippen molar-refractivity contribution in [1.82, 2.24) is 42.5 Å². The van der Waals surface area contributed by atoms with Crippen LogP contribution in [0.1, 0.15) is 63.5 Å². The van der Waals surface area contributed by atoms with Gasteiger partial charge in [-0.15, -0.1) is 0 Å². The number of fused-ring (bicyclic) bond motifs is 1. The molecule has 2 fully saturated rings. The van der Waals surface area contributed by atoms with Crippen LogP contribution >= 0.6 is 11.8 Å². The van der Waals surface area contributed by atoms with Gasteiger partial charge >= 0.3 is 6.03 Å². The number of carbonyl (C=O) groups is 7. The Morgan fingerprint density at radius 3 is 1.69 bits per heavy atom. The molecule has 2 saturated heterocycles. The fourth-order valence-electron chi connectivity index (χ4n) is 7.41. The van der Waals surface area contributed by atoms with Crippen LogP contribution in [0.25, 0.3) is 0 Å². The summed E-state index contributed by atoms with van der Waals surface area (Å²) in [4.78, 5) is 94.5. The van der Waals surface area contributed by atoms with Gasteiger partial charge in [-0.05, 0) is 32.3 Å². The molecule has 0 aromatic heterocycles. The van der Waals surface area contributed by atoms with Crippen molar-refractivity contribution in [3.05, 3.63) is 27.8 Å². The van der Waals surface area contributed by atoms with Crippen molar-refractivity contribution in [3.63, 3.8) is 0 Å². The highest BCUT2D eigenvalue weighted by atomic mass is 32.2. The Kier molecular flexibility index (Phi) is 34.5. The second-order valence-corrected chi connectivity index (χ2v) is 18.5. The van der Waals surface area contributed by atoms with E-state index in [0.717, 1.165) is 25.0 Å². The van der Waals surface area contributed by atoms with E-state index in [0.29, 0.717) is 90.6 Å². The number of benzene rings is 1. The minimum absolute atomic E-state index is 0.00133. The first kappa shape index (κ1) is 65.6. The average Bonchev–Trinajstić information content (AvgIpc) is 3.98. The summed E-state index contributed by atoms with van der Waals surface area (Å²) in [6.45, 7) is 6.02. The topological polar surface area (TPSA) is 368 Å². The number of nitrogens with one attached hydrogen (secondary N) is 8. The molecular formula is C48H80N10O18S. The van der Waals surface area contributed by atoms with Gasteiger partial charge in [-0.2, -0.15) is 11.8 Å². The Morgan fingerprint density at radius 1 is 0.636 bits per heavy atom. The normalized spacial score (nSPS) is 15.8. The van der Waals surface area contributed by atoms with Crippen LogP contribution < -0.4 is 57.7 Å². The quantitative estimate of drug-likeness (QED) is 0.0159. The van der Waals surface area contributed by atoms with E-state index in [1.807, 2.05) is 11.8 Å². The smallest absolute Gasteiger partial charge is 0.315 e. The number of hydrogen-bond donors (Lipinski definition) is 9. The van der Waals surface area contributed by atoms with Crippen LogP contribution in [-0.2, 0) is 61.9 Å². The number of urea groups is 1. The molecule has 4 atom stereocenters. The van der Waals surface area contributed by atoms with Gasteiger partial charge in [0.15, 0.2) is 11.5 Å². The Morgan fingerprint density at radius 2 is 1.14 bits per heavy atom. The largest absolute Gasteiger partial charge is 0.493 e. The van der Waals surface area contributed by atoms with Gasteiger partial charge < -0.3 is 90.9 Å². The predicted molar refractivity (Wildman–Crippen MR) is 279 cm³/mol. The number of nitrogens with two attached hydrogens (primary N) is 1. The van der Waals surface area contributed by atoms with E-state index in [1.165, 1.54) is 19.2 Å². The van der Waals surface area contributed by atoms with Gasteiger partial charge in [-0.3, -0.25) is 38.9 Å². The molecule has 0 spiro atoms. The van der Waals surface area contributed by atoms with Gasteiger partial charge in [0.1, 0.15) is 0 Å². The molecule has 10 N–H and O–H groups in total. The summed E-state index contributed by atoms with van der Waals surface area (Å²) in [5.41, 5.74) is 5.07. The minimum atomic E-state index is -0.754. The van der Waals surface area contributed by atoms with Crippen LogP contribution in [0, 0.1) is 10.1 Å². The lowest BCUT2D eigenvalue weighted by Crippen LogP contribution is -2.43. The van der Waals surface area contributed by atoms with Crippen molar-refractivity contribution in [2.24, 2.45) is 5.73 Å². The lowest BCUT2D eigenvalue weighted by Gasteiger charge is -2.18. The first-order valence-electron chi connectivity index (χ1n) is 25.9.